The van der Waals surface area contributed by atoms with E-state index in [2.05, 4.69) is 51.6 Å². The van der Waals surface area contributed by atoms with Gasteiger partial charge in [0.15, 0.2) is 0 Å². The Labute approximate surface area is 122 Å². The molecule has 1 heterocycles. The summed E-state index contributed by atoms with van der Waals surface area (Å²) in [4.78, 5) is 7.52. The number of rotatable bonds is 8. The number of alkyl halides is 1. The Hall–Kier alpha value is 0.360. The van der Waals surface area contributed by atoms with Crippen molar-refractivity contribution in [2.45, 2.75) is 19.8 Å². The molecule has 1 unspecified atom stereocenters. The molecule has 0 N–H and O–H groups in total. The van der Waals surface area contributed by atoms with Crippen LogP contribution in [0.3, 0.4) is 0 Å². The predicted molar refractivity (Wildman–Crippen MR) is 83.6 cm³/mol. The van der Waals surface area contributed by atoms with E-state index >= 15 is 0 Å². The summed E-state index contributed by atoms with van der Waals surface area (Å²) in [6, 6.07) is 0. The molecule has 108 valence electrons. The molecular weight excluding hydrogens is 290 g/mol. The molecule has 1 saturated heterocycles. The lowest BCUT2D eigenvalue weighted by Gasteiger charge is -2.36. The molecule has 4 heteroatoms. The summed E-state index contributed by atoms with van der Waals surface area (Å²) in [5.41, 5.74) is 0. The van der Waals surface area contributed by atoms with Crippen LogP contribution in [0.5, 0.6) is 0 Å². The molecular formula is C14H30BrN3. The highest BCUT2D eigenvalue weighted by molar-refractivity contribution is 9.09. The van der Waals surface area contributed by atoms with Crippen LogP contribution in [0.15, 0.2) is 0 Å². The molecule has 1 aliphatic heterocycles. The molecule has 0 spiro atoms. The second-order valence-corrected chi connectivity index (χ2v) is 6.40. The van der Waals surface area contributed by atoms with Crippen molar-refractivity contribution in [1.29, 1.82) is 0 Å². The minimum atomic E-state index is 0.836. The van der Waals surface area contributed by atoms with Gasteiger partial charge in [-0.15, -0.1) is 0 Å². The lowest BCUT2D eigenvalue weighted by atomic mass is 10.1. The second kappa shape index (κ2) is 9.29. The first-order chi connectivity index (χ1) is 8.65. The van der Waals surface area contributed by atoms with Gasteiger partial charge in [-0.05, 0) is 26.4 Å². The molecule has 1 atom stereocenters. The van der Waals surface area contributed by atoms with Crippen molar-refractivity contribution in [3.8, 4) is 0 Å². The molecule has 0 aromatic carbocycles. The molecule has 0 aromatic heterocycles. The number of hydrogen-bond acceptors (Lipinski definition) is 3. The lowest BCUT2D eigenvalue weighted by Crippen LogP contribution is -2.49. The molecule has 1 aliphatic rings. The van der Waals surface area contributed by atoms with Crippen LogP contribution >= 0.6 is 15.9 Å². The maximum absolute atomic E-state index is 3.65. The Balaban J connectivity index is 2.18. The number of piperazine rings is 1. The summed E-state index contributed by atoms with van der Waals surface area (Å²) in [5.74, 6) is 0.836. The van der Waals surface area contributed by atoms with Crippen LogP contribution in [-0.4, -0.2) is 79.9 Å². The van der Waals surface area contributed by atoms with Gasteiger partial charge in [0.1, 0.15) is 0 Å². The number of nitrogens with zero attached hydrogens (tertiary/aromatic N) is 3. The molecule has 0 bridgehead atoms. The third-order valence-corrected chi connectivity index (χ3v) is 4.68. The monoisotopic (exact) mass is 319 g/mol. The molecule has 0 saturated carbocycles. The van der Waals surface area contributed by atoms with Gasteiger partial charge in [-0.25, -0.2) is 0 Å². The number of halogens is 1. The van der Waals surface area contributed by atoms with Crippen LogP contribution < -0.4 is 0 Å². The van der Waals surface area contributed by atoms with Gasteiger partial charge in [0.2, 0.25) is 0 Å². The zero-order valence-corrected chi connectivity index (χ0v) is 14.0. The van der Waals surface area contributed by atoms with E-state index in [1.54, 1.807) is 0 Å². The van der Waals surface area contributed by atoms with Gasteiger partial charge in [0, 0.05) is 51.1 Å². The van der Waals surface area contributed by atoms with Crippen LogP contribution in [0.1, 0.15) is 19.8 Å². The van der Waals surface area contributed by atoms with Crippen molar-refractivity contribution >= 4 is 15.9 Å². The molecule has 0 radical (unpaired) electrons. The minimum absolute atomic E-state index is 0.836. The standard InChI is InChI=1S/C14H30BrN3/c1-4-5-14(12-15)13-18-10-8-17(9-11-18)7-6-16(2)3/h14H,4-13H2,1-3H3. The third kappa shape index (κ3) is 6.50. The van der Waals surface area contributed by atoms with Crippen LogP contribution in [0.25, 0.3) is 0 Å². The van der Waals surface area contributed by atoms with Crippen LogP contribution in [0.2, 0.25) is 0 Å². The first-order valence-corrected chi connectivity index (χ1v) is 8.43. The topological polar surface area (TPSA) is 9.72 Å². The molecule has 0 amide bonds. The van der Waals surface area contributed by atoms with E-state index < -0.39 is 0 Å². The van der Waals surface area contributed by atoms with Crippen LogP contribution in [-0.2, 0) is 0 Å². The highest BCUT2D eigenvalue weighted by atomic mass is 79.9. The molecule has 0 aromatic rings. The fourth-order valence-electron chi connectivity index (χ4n) is 2.53. The van der Waals surface area contributed by atoms with Crippen molar-refractivity contribution in [3.63, 3.8) is 0 Å². The Morgan fingerprint density at radius 1 is 1.11 bits per heavy atom. The second-order valence-electron chi connectivity index (χ2n) is 5.75. The van der Waals surface area contributed by atoms with E-state index in [0.29, 0.717) is 0 Å². The van der Waals surface area contributed by atoms with E-state index in [1.165, 1.54) is 58.7 Å². The molecule has 3 nitrogen and oxygen atoms in total. The first kappa shape index (κ1) is 16.4. The average Bonchev–Trinajstić information content (AvgIpc) is 2.37. The van der Waals surface area contributed by atoms with Gasteiger partial charge in [0.25, 0.3) is 0 Å². The molecule has 1 fully saturated rings. The van der Waals surface area contributed by atoms with Gasteiger partial charge < -0.3 is 9.80 Å². The summed E-state index contributed by atoms with van der Waals surface area (Å²) < 4.78 is 0. The summed E-state index contributed by atoms with van der Waals surface area (Å²) in [6.07, 6.45) is 2.66. The van der Waals surface area contributed by atoms with Gasteiger partial charge >= 0.3 is 0 Å². The lowest BCUT2D eigenvalue weighted by molar-refractivity contribution is 0.113. The van der Waals surface area contributed by atoms with Crippen LogP contribution in [0.4, 0.5) is 0 Å². The van der Waals surface area contributed by atoms with Crippen molar-refractivity contribution < 1.29 is 0 Å². The Morgan fingerprint density at radius 3 is 2.22 bits per heavy atom. The highest BCUT2D eigenvalue weighted by Gasteiger charge is 2.19. The van der Waals surface area contributed by atoms with Gasteiger partial charge in [0.05, 0.1) is 0 Å². The van der Waals surface area contributed by atoms with Gasteiger partial charge in [-0.1, -0.05) is 29.3 Å². The maximum atomic E-state index is 3.65. The van der Waals surface area contributed by atoms with E-state index in [4.69, 9.17) is 0 Å². The highest BCUT2D eigenvalue weighted by Crippen LogP contribution is 2.13. The largest absolute Gasteiger partial charge is 0.308 e. The minimum Gasteiger partial charge on any atom is -0.308 e. The third-order valence-electron chi connectivity index (χ3n) is 3.76. The van der Waals surface area contributed by atoms with Crippen LogP contribution in [0, 0.1) is 5.92 Å². The number of hydrogen-bond donors (Lipinski definition) is 0. The summed E-state index contributed by atoms with van der Waals surface area (Å²) in [5, 5.41) is 1.15. The Kier molecular flexibility index (Phi) is 8.47. The maximum Gasteiger partial charge on any atom is 0.0110 e. The SMILES string of the molecule is CCCC(CBr)CN1CCN(CCN(C)C)CC1. The normalized spacial score (nSPS) is 20.5. The fraction of sp³-hybridized carbons (Fsp3) is 1.00. The van der Waals surface area contributed by atoms with E-state index in [9.17, 15) is 0 Å². The fourth-order valence-corrected chi connectivity index (χ4v) is 3.06. The first-order valence-electron chi connectivity index (χ1n) is 7.31. The molecule has 0 aliphatic carbocycles. The average molecular weight is 320 g/mol. The van der Waals surface area contributed by atoms with E-state index in [1.807, 2.05) is 0 Å². The Morgan fingerprint density at radius 2 is 1.72 bits per heavy atom. The van der Waals surface area contributed by atoms with Crippen molar-refractivity contribution in [2.75, 3.05) is 65.2 Å². The van der Waals surface area contributed by atoms with Gasteiger partial charge in [-0.2, -0.15) is 0 Å². The van der Waals surface area contributed by atoms with Crippen molar-refractivity contribution in [3.05, 3.63) is 0 Å². The Bertz CT molecular complexity index is 203. The summed E-state index contributed by atoms with van der Waals surface area (Å²) in [6.45, 7) is 11.0. The van der Waals surface area contributed by atoms with E-state index in [-0.39, 0.29) is 0 Å². The van der Waals surface area contributed by atoms with Gasteiger partial charge in [-0.3, -0.25) is 4.90 Å². The predicted octanol–water partition coefficient (Wildman–Crippen LogP) is 1.98. The van der Waals surface area contributed by atoms with Crippen molar-refractivity contribution in [2.24, 2.45) is 5.92 Å². The summed E-state index contributed by atoms with van der Waals surface area (Å²) >= 11 is 3.65. The smallest absolute Gasteiger partial charge is 0.0110 e. The van der Waals surface area contributed by atoms with Crippen molar-refractivity contribution in [1.82, 2.24) is 14.7 Å². The molecule has 18 heavy (non-hydrogen) atoms. The molecule has 1 rings (SSSR count). The number of likely N-dealkylation sites (N-methyl/N-ethyl adjacent to an activating group) is 1. The summed E-state index contributed by atoms with van der Waals surface area (Å²) in [7, 11) is 4.31. The zero-order chi connectivity index (χ0) is 13.4. The zero-order valence-electron chi connectivity index (χ0n) is 12.4. The quantitative estimate of drug-likeness (QED) is 0.633. The van der Waals surface area contributed by atoms with E-state index in [0.717, 1.165) is 11.2 Å².